The van der Waals surface area contributed by atoms with E-state index in [1.807, 2.05) is 6.20 Å². The fourth-order valence-electron chi connectivity index (χ4n) is 1.93. The zero-order valence-electron chi connectivity index (χ0n) is 12.4. The highest BCUT2D eigenvalue weighted by atomic mass is 16.2. The van der Waals surface area contributed by atoms with Gasteiger partial charge in [-0.2, -0.15) is 0 Å². The molecule has 2 aliphatic heterocycles. The molecule has 2 heterocycles. The normalized spacial score (nSPS) is 23.1. The molecule has 0 aromatic heterocycles. The van der Waals surface area contributed by atoms with Gasteiger partial charge in [-0.25, -0.2) is 0 Å². The maximum absolute atomic E-state index is 10.8. The molecule has 4 nitrogen and oxygen atoms in total. The molecule has 104 valence electrons. The van der Waals surface area contributed by atoms with E-state index in [1.54, 1.807) is 6.92 Å². The standard InChI is InChI=1S/C9H13N.C6H9NO2/c1-7-4-5-10-9(3)6-8(7)2;1-4-3-5(8)7(2)6(4)9/h4-5H,6H2,1-3H3;4H,3H2,1-2H3. The maximum Gasteiger partial charge on any atom is 0.232 e. The Hall–Kier alpha value is -1.71. The van der Waals surface area contributed by atoms with Crippen LogP contribution in [0.4, 0.5) is 0 Å². The molecule has 1 unspecified atom stereocenters. The van der Waals surface area contributed by atoms with Crippen LogP contribution >= 0.6 is 0 Å². The van der Waals surface area contributed by atoms with Crippen LogP contribution in [0.1, 0.15) is 40.5 Å². The van der Waals surface area contributed by atoms with E-state index in [0.29, 0.717) is 6.42 Å². The van der Waals surface area contributed by atoms with Crippen molar-refractivity contribution >= 4 is 17.5 Å². The van der Waals surface area contributed by atoms with E-state index >= 15 is 0 Å². The Bertz CT molecular complexity index is 473. The zero-order chi connectivity index (χ0) is 14.6. The molecule has 0 aromatic carbocycles. The summed E-state index contributed by atoms with van der Waals surface area (Å²) in [6.45, 7) is 8.11. The number of allylic oxidation sites excluding steroid dienone is 3. The molecule has 4 heteroatoms. The number of aliphatic imine (C=N–C) groups is 1. The van der Waals surface area contributed by atoms with Crippen molar-refractivity contribution in [2.75, 3.05) is 7.05 Å². The lowest BCUT2D eigenvalue weighted by Crippen LogP contribution is -2.24. The van der Waals surface area contributed by atoms with Crippen LogP contribution in [0.5, 0.6) is 0 Å². The molecule has 0 aliphatic carbocycles. The van der Waals surface area contributed by atoms with E-state index in [4.69, 9.17) is 0 Å². The molecular formula is C15H22N2O2. The first kappa shape index (κ1) is 15.3. The fourth-order valence-corrected chi connectivity index (χ4v) is 1.93. The minimum atomic E-state index is -0.0949. The number of hydrogen-bond donors (Lipinski definition) is 0. The Labute approximate surface area is 114 Å². The van der Waals surface area contributed by atoms with Gasteiger partial charge in [-0.05, 0) is 26.8 Å². The van der Waals surface area contributed by atoms with Crippen molar-refractivity contribution in [3.8, 4) is 0 Å². The third-order valence-electron chi connectivity index (χ3n) is 3.42. The topological polar surface area (TPSA) is 49.7 Å². The second kappa shape index (κ2) is 6.45. The van der Waals surface area contributed by atoms with Crippen LogP contribution in [-0.2, 0) is 9.59 Å². The Balaban J connectivity index is 0.000000191. The van der Waals surface area contributed by atoms with Gasteiger partial charge in [0.15, 0.2) is 0 Å². The number of amides is 2. The van der Waals surface area contributed by atoms with E-state index in [-0.39, 0.29) is 17.7 Å². The molecule has 0 bridgehead atoms. The summed E-state index contributed by atoms with van der Waals surface area (Å²) in [5, 5.41) is 0. The SMILES string of the molecule is CC1=NC=CC(C)=C(C)C1.CC1CC(=O)N(C)C1=O. The molecule has 0 saturated carbocycles. The first-order chi connectivity index (χ1) is 8.82. The molecule has 0 aromatic rings. The zero-order valence-corrected chi connectivity index (χ0v) is 12.4. The van der Waals surface area contributed by atoms with Gasteiger partial charge in [0.1, 0.15) is 0 Å². The van der Waals surface area contributed by atoms with E-state index in [9.17, 15) is 9.59 Å². The maximum atomic E-state index is 10.8. The Kier molecular flexibility index (Phi) is 5.21. The molecule has 0 N–H and O–H groups in total. The molecule has 2 rings (SSSR count). The monoisotopic (exact) mass is 262 g/mol. The summed E-state index contributed by atoms with van der Waals surface area (Å²) in [4.78, 5) is 26.9. The van der Waals surface area contributed by atoms with Gasteiger partial charge in [0.25, 0.3) is 0 Å². The van der Waals surface area contributed by atoms with Crippen LogP contribution < -0.4 is 0 Å². The minimum Gasteiger partial charge on any atom is -0.286 e. The molecular weight excluding hydrogens is 240 g/mol. The summed E-state index contributed by atoms with van der Waals surface area (Å²) in [5.74, 6) is -0.213. The lowest BCUT2D eigenvalue weighted by Gasteiger charge is -2.03. The van der Waals surface area contributed by atoms with Gasteiger partial charge in [0.05, 0.1) is 0 Å². The Morgan fingerprint density at radius 3 is 2.32 bits per heavy atom. The third kappa shape index (κ3) is 4.16. The average Bonchev–Trinajstić information content (AvgIpc) is 2.50. The number of imide groups is 1. The van der Waals surface area contributed by atoms with Crippen molar-refractivity contribution in [2.45, 2.75) is 40.5 Å². The predicted molar refractivity (Wildman–Crippen MR) is 76.8 cm³/mol. The Morgan fingerprint density at radius 2 is 1.89 bits per heavy atom. The summed E-state index contributed by atoms with van der Waals surface area (Å²) in [7, 11) is 1.52. The summed E-state index contributed by atoms with van der Waals surface area (Å²) in [6, 6.07) is 0. The molecule has 0 spiro atoms. The van der Waals surface area contributed by atoms with Crippen molar-refractivity contribution in [1.82, 2.24) is 4.90 Å². The van der Waals surface area contributed by atoms with Gasteiger partial charge in [0, 0.05) is 37.7 Å². The lowest BCUT2D eigenvalue weighted by molar-refractivity contribution is -0.137. The fraction of sp³-hybridized carbons (Fsp3) is 0.533. The molecule has 2 amide bonds. The molecule has 2 aliphatic rings. The van der Waals surface area contributed by atoms with Crippen molar-refractivity contribution in [3.05, 3.63) is 23.4 Å². The predicted octanol–water partition coefficient (Wildman–Crippen LogP) is 2.71. The number of nitrogens with zero attached hydrogens (tertiary/aromatic N) is 2. The summed E-state index contributed by atoms with van der Waals surface area (Å²) in [5.41, 5.74) is 3.97. The number of hydrogen-bond acceptors (Lipinski definition) is 3. The highest BCUT2D eigenvalue weighted by Crippen LogP contribution is 2.15. The van der Waals surface area contributed by atoms with Crippen LogP contribution in [0.15, 0.2) is 28.4 Å². The van der Waals surface area contributed by atoms with Gasteiger partial charge >= 0.3 is 0 Å². The highest BCUT2D eigenvalue weighted by Gasteiger charge is 2.32. The Morgan fingerprint density at radius 1 is 1.26 bits per heavy atom. The van der Waals surface area contributed by atoms with Gasteiger partial charge < -0.3 is 0 Å². The summed E-state index contributed by atoms with van der Waals surface area (Å²) in [6.07, 6.45) is 5.35. The van der Waals surface area contributed by atoms with Gasteiger partial charge in [-0.1, -0.05) is 18.1 Å². The molecule has 1 atom stereocenters. The van der Waals surface area contributed by atoms with E-state index in [0.717, 1.165) is 6.42 Å². The number of likely N-dealkylation sites (tertiary alicyclic amines) is 1. The van der Waals surface area contributed by atoms with E-state index < -0.39 is 0 Å². The molecule has 1 saturated heterocycles. The van der Waals surface area contributed by atoms with E-state index in [2.05, 4.69) is 31.8 Å². The quantitative estimate of drug-likeness (QED) is 0.630. The lowest BCUT2D eigenvalue weighted by atomic mass is 10.1. The van der Waals surface area contributed by atoms with Gasteiger partial charge in [-0.15, -0.1) is 0 Å². The summed E-state index contributed by atoms with van der Waals surface area (Å²) >= 11 is 0. The number of carbonyl (C=O) groups excluding carboxylic acids is 2. The minimum absolute atomic E-state index is 0.0556. The van der Waals surface area contributed by atoms with Crippen LogP contribution in [0.3, 0.4) is 0 Å². The van der Waals surface area contributed by atoms with Crippen molar-refractivity contribution in [2.24, 2.45) is 10.9 Å². The van der Waals surface area contributed by atoms with Gasteiger partial charge in [-0.3, -0.25) is 19.5 Å². The highest BCUT2D eigenvalue weighted by molar-refractivity contribution is 6.02. The van der Waals surface area contributed by atoms with Crippen LogP contribution in [0.25, 0.3) is 0 Å². The number of carbonyl (C=O) groups is 2. The van der Waals surface area contributed by atoms with Crippen molar-refractivity contribution in [3.63, 3.8) is 0 Å². The van der Waals surface area contributed by atoms with Crippen LogP contribution in [-0.4, -0.2) is 29.5 Å². The number of rotatable bonds is 0. The van der Waals surface area contributed by atoms with Crippen LogP contribution in [0.2, 0.25) is 0 Å². The smallest absolute Gasteiger partial charge is 0.232 e. The largest absolute Gasteiger partial charge is 0.286 e. The van der Waals surface area contributed by atoms with Gasteiger partial charge in [0.2, 0.25) is 11.8 Å². The summed E-state index contributed by atoms with van der Waals surface area (Å²) < 4.78 is 0. The van der Waals surface area contributed by atoms with E-state index in [1.165, 1.54) is 28.8 Å². The molecule has 19 heavy (non-hydrogen) atoms. The van der Waals surface area contributed by atoms with Crippen molar-refractivity contribution < 1.29 is 9.59 Å². The van der Waals surface area contributed by atoms with Crippen LogP contribution in [0, 0.1) is 5.92 Å². The first-order valence-corrected chi connectivity index (χ1v) is 6.49. The second-order valence-corrected chi connectivity index (χ2v) is 5.22. The molecule has 0 radical (unpaired) electrons. The average molecular weight is 262 g/mol. The molecule has 1 fully saturated rings. The second-order valence-electron chi connectivity index (χ2n) is 5.22. The van der Waals surface area contributed by atoms with Crippen molar-refractivity contribution in [1.29, 1.82) is 0 Å². The first-order valence-electron chi connectivity index (χ1n) is 6.49. The third-order valence-corrected chi connectivity index (χ3v) is 3.42.